The van der Waals surface area contributed by atoms with E-state index in [1.807, 2.05) is 19.1 Å². The van der Waals surface area contributed by atoms with Crippen molar-refractivity contribution < 1.29 is 4.79 Å². The normalized spacial score (nSPS) is 12.7. The van der Waals surface area contributed by atoms with E-state index in [2.05, 4.69) is 52.5 Å². The molecule has 1 N–H and O–H groups in total. The highest BCUT2D eigenvalue weighted by atomic mass is 16.2. The van der Waals surface area contributed by atoms with E-state index in [1.54, 1.807) is 12.4 Å². The predicted molar refractivity (Wildman–Crippen MR) is 104 cm³/mol. The molecule has 0 fully saturated rings. The van der Waals surface area contributed by atoms with E-state index in [-0.39, 0.29) is 18.0 Å². The largest absolute Gasteiger partial charge is 0.341 e. The Morgan fingerprint density at radius 3 is 2.56 bits per heavy atom. The first-order chi connectivity index (χ1) is 12.9. The molecule has 0 saturated carbocycles. The van der Waals surface area contributed by atoms with Crippen LogP contribution in [-0.2, 0) is 0 Å². The highest BCUT2D eigenvalue weighted by Gasteiger charge is 2.25. The first-order valence-electron chi connectivity index (χ1n) is 9.29. The van der Waals surface area contributed by atoms with Gasteiger partial charge in [-0.25, -0.2) is 15.0 Å². The SMILES string of the molecule is Cc1cnc(C(=O)NC(CC(C)C)c2nc3cccnc3n2C(C)C)cn1. The second-order valence-electron chi connectivity index (χ2n) is 7.48. The maximum absolute atomic E-state index is 12.8. The summed E-state index contributed by atoms with van der Waals surface area (Å²) in [6.07, 6.45) is 5.63. The summed E-state index contributed by atoms with van der Waals surface area (Å²) in [5.74, 6) is 0.956. The Hall–Kier alpha value is -2.83. The first-order valence-corrected chi connectivity index (χ1v) is 9.29. The number of aromatic nitrogens is 5. The lowest BCUT2D eigenvalue weighted by molar-refractivity contribution is 0.0923. The zero-order chi connectivity index (χ0) is 19.6. The van der Waals surface area contributed by atoms with Crippen LogP contribution in [-0.4, -0.2) is 30.4 Å². The van der Waals surface area contributed by atoms with Gasteiger partial charge in [-0.1, -0.05) is 13.8 Å². The molecule has 0 spiro atoms. The minimum absolute atomic E-state index is 0.172. The fourth-order valence-corrected chi connectivity index (χ4v) is 3.14. The number of hydrogen-bond acceptors (Lipinski definition) is 5. The summed E-state index contributed by atoms with van der Waals surface area (Å²) in [5.41, 5.74) is 2.75. The molecule has 27 heavy (non-hydrogen) atoms. The van der Waals surface area contributed by atoms with E-state index in [0.29, 0.717) is 11.6 Å². The van der Waals surface area contributed by atoms with Crippen LogP contribution in [0.3, 0.4) is 0 Å². The molecule has 7 nitrogen and oxygen atoms in total. The summed E-state index contributed by atoms with van der Waals surface area (Å²) in [5, 5.41) is 3.10. The summed E-state index contributed by atoms with van der Waals surface area (Å²) in [7, 11) is 0. The number of amides is 1. The molecular weight excluding hydrogens is 340 g/mol. The van der Waals surface area contributed by atoms with Crippen molar-refractivity contribution in [3.8, 4) is 0 Å². The second-order valence-corrected chi connectivity index (χ2v) is 7.48. The molecular formula is C20H26N6O. The quantitative estimate of drug-likeness (QED) is 0.720. The summed E-state index contributed by atoms with van der Waals surface area (Å²) in [6.45, 7) is 10.3. The van der Waals surface area contributed by atoms with Crippen LogP contribution in [0.1, 0.15) is 68.2 Å². The van der Waals surface area contributed by atoms with E-state index < -0.39 is 0 Å². The Morgan fingerprint density at radius 2 is 1.93 bits per heavy atom. The molecule has 3 rings (SSSR count). The van der Waals surface area contributed by atoms with Gasteiger partial charge in [0.05, 0.1) is 17.9 Å². The zero-order valence-electron chi connectivity index (χ0n) is 16.5. The van der Waals surface area contributed by atoms with Crippen LogP contribution in [0.4, 0.5) is 0 Å². The van der Waals surface area contributed by atoms with Crippen LogP contribution in [0.5, 0.6) is 0 Å². The molecule has 3 aromatic rings. The number of aryl methyl sites for hydroxylation is 1. The number of carbonyl (C=O) groups excluding carboxylic acids is 1. The molecule has 1 atom stereocenters. The standard InChI is InChI=1S/C20H26N6O/c1-12(2)9-16(25-20(27)17-11-22-14(5)10-23-17)19-24-15-7-6-8-21-18(15)26(19)13(3)4/h6-8,10-13,16H,9H2,1-5H3,(H,25,27). The third-order valence-electron chi connectivity index (χ3n) is 4.33. The fourth-order valence-electron chi connectivity index (χ4n) is 3.14. The van der Waals surface area contributed by atoms with Crippen molar-refractivity contribution in [2.45, 2.75) is 53.1 Å². The van der Waals surface area contributed by atoms with Crippen LogP contribution in [0.25, 0.3) is 11.2 Å². The van der Waals surface area contributed by atoms with Gasteiger partial charge in [0.2, 0.25) is 0 Å². The molecule has 1 unspecified atom stereocenters. The van der Waals surface area contributed by atoms with Gasteiger partial charge < -0.3 is 9.88 Å². The average molecular weight is 366 g/mol. The Morgan fingerprint density at radius 1 is 1.15 bits per heavy atom. The van der Waals surface area contributed by atoms with Gasteiger partial charge in [0.15, 0.2) is 5.65 Å². The number of nitrogens with zero attached hydrogens (tertiary/aromatic N) is 5. The highest BCUT2D eigenvalue weighted by Crippen LogP contribution is 2.27. The smallest absolute Gasteiger partial charge is 0.272 e. The summed E-state index contributed by atoms with van der Waals surface area (Å²) >= 11 is 0. The Kier molecular flexibility index (Phi) is 5.48. The van der Waals surface area contributed by atoms with Gasteiger partial charge in [0, 0.05) is 18.4 Å². The number of hydrogen-bond donors (Lipinski definition) is 1. The second kappa shape index (κ2) is 7.82. The lowest BCUT2D eigenvalue weighted by Crippen LogP contribution is -2.32. The average Bonchev–Trinajstić information content (AvgIpc) is 3.01. The lowest BCUT2D eigenvalue weighted by atomic mass is 10.0. The van der Waals surface area contributed by atoms with Crippen molar-refractivity contribution in [3.63, 3.8) is 0 Å². The van der Waals surface area contributed by atoms with Crippen LogP contribution in [0.2, 0.25) is 0 Å². The lowest BCUT2D eigenvalue weighted by Gasteiger charge is -2.23. The van der Waals surface area contributed by atoms with Gasteiger partial charge in [0.1, 0.15) is 17.0 Å². The number of rotatable bonds is 6. The van der Waals surface area contributed by atoms with E-state index in [1.165, 1.54) is 6.20 Å². The molecule has 3 heterocycles. The van der Waals surface area contributed by atoms with Crippen molar-refractivity contribution in [1.29, 1.82) is 0 Å². The molecule has 0 radical (unpaired) electrons. The molecule has 0 bridgehead atoms. The maximum atomic E-state index is 12.8. The van der Waals surface area contributed by atoms with Gasteiger partial charge in [-0.2, -0.15) is 0 Å². The minimum Gasteiger partial charge on any atom is -0.341 e. The molecule has 0 saturated heterocycles. The summed E-state index contributed by atoms with van der Waals surface area (Å²) < 4.78 is 2.10. The van der Waals surface area contributed by atoms with Crippen molar-refractivity contribution in [2.75, 3.05) is 0 Å². The van der Waals surface area contributed by atoms with Gasteiger partial charge in [0.25, 0.3) is 5.91 Å². The fraction of sp³-hybridized carbons (Fsp3) is 0.450. The topological polar surface area (TPSA) is 85.6 Å². The zero-order valence-corrected chi connectivity index (χ0v) is 16.5. The van der Waals surface area contributed by atoms with Crippen molar-refractivity contribution >= 4 is 17.1 Å². The molecule has 1 amide bonds. The van der Waals surface area contributed by atoms with Crippen LogP contribution < -0.4 is 5.32 Å². The predicted octanol–water partition coefficient (Wildman–Crippen LogP) is 3.63. The minimum atomic E-state index is -0.247. The van der Waals surface area contributed by atoms with Crippen molar-refractivity contribution in [2.24, 2.45) is 5.92 Å². The van der Waals surface area contributed by atoms with Crippen molar-refractivity contribution in [1.82, 2.24) is 29.8 Å². The Bertz CT molecular complexity index is 929. The van der Waals surface area contributed by atoms with Gasteiger partial charge >= 0.3 is 0 Å². The van der Waals surface area contributed by atoms with E-state index in [0.717, 1.165) is 29.1 Å². The Labute approximate surface area is 159 Å². The van der Waals surface area contributed by atoms with E-state index in [9.17, 15) is 4.79 Å². The Balaban J connectivity index is 2.00. The van der Waals surface area contributed by atoms with Gasteiger partial charge in [-0.05, 0) is 45.2 Å². The summed E-state index contributed by atoms with van der Waals surface area (Å²) in [6, 6.07) is 3.76. The van der Waals surface area contributed by atoms with Gasteiger partial charge in [-0.3, -0.25) is 9.78 Å². The molecule has 0 aliphatic heterocycles. The summed E-state index contributed by atoms with van der Waals surface area (Å²) in [4.78, 5) is 30.4. The number of pyridine rings is 1. The third-order valence-corrected chi connectivity index (χ3v) is 4.33. The molecule has 7 heteroatoms. The molecule has 0 aliphatic rings. The molecule has 0 aliphatic carbocycles. The maximum Gasteiger partial charge on any atom is 0.272 e. The van der Waals surface area contributed by atoms with E-state index >= 15 is 0 Å². The van der Waals surface area contributed by atoms with Crippen LogP contribution in [0.15, 0.2) is 30.7 Å². The monoisotopic (exact) mass is 366 g/mol. The number of imidazole rings is 1. The highest BCUT2D eigenvalue weighted by molar-refractivity contribution is 5.92. The number of nitrogens with one attached hydrogen (secondary N) is 1. The molecule has 0 aromatic carbocycles. The van der Waals surface area contributed by atoms with E-state index in [4.69, 9.17) is 4.98 Å². The van der Waals surface area contributed by atoms with Gasteiger partial charge in [-0.15, -0.1) is 0 Å². The third kappa shape index (κ3) is 4.13. The molecule has 3 aromatic heterocycles. The molecule has 142 valence electrons. The van der Waals surface area contributed by atoms with Crippen LogP contribution >= 0.6 is 0 Å². The van der Waals surface area contributed by atoms with Crippen molar-refractivity contribution in [3.05, 3.63) is 47.9 Å². The van der Waals surface area contributed by atoms with Crippen LogP contribution in [0, 0.1) is 12.8 Å². The number of fused-ring (bicyclic) bond motifs is 1. The first kappa shape index (κ1) is 18.9. The number of carbonyl (C=O) groups is 1.